The largest absolute Gasteiger partial charge is 0.312 e. The van der Waals surface area contributed by atoms with Gasteiger partial charge in [-0.25, -0.2) is 5.06 Å². The third-order valence-corrected chi connectivity index (χ3v) is 5.44. The minimum atomic E-state index is 0.0762. The van der Waals surface area contributed by atoms with E-state index in [4.69, 9.17) is 0 Å². The van der Waals surface area contributed by atoms with E-state index in [-0.39, 0.29) is 6.04 Å². The summed E-state index contributed by atoms with van der Waals surface area (Å²) in [6.07, 6.45) is 10.4. The van der Waals surface area contributed by atoms with Crippen LogP contribution in [-0.4, -0.2) is 21.2 Å². The van der Waals surface area contributed by atoms with Crippen LogP contribution < -0.4 is 10.4 Å². The molecule has 3 nitrogen and oxygen atoms in total. The summed E-state index contributed by atoms with van der Waals surface area (Å²) in [5, 5.41) is 14.3. The summed E-state index contributed by atoms with van der Waals surface area (Å²) in [5.74, 6) is 0.826. The van der Waals surface area contributed by atoms with Gasteiger partial charge in [0.25, 0.3) is 0 Å². The fraction of sp³-hybridized carbons (Fsp3) is 0.130. The molecule has 5 rings (SSSR count). The summed E-state index contributed by atoms with van der Waals surface area (Å²) < 4.78 is 0. The molecule has 0 spiro atoms. The van der Waals surface area contributed by atoms with E-state index in [2.05, 4.69) is 79.4 Å². The highest BCUT2D eigenvalue weighted by Gasteiger charge is 2.37. The van der Waals surface area contributed by atoms with Gasteiger partial charge in [0.2, 0.25) is 0 Å². The molecular formula is C23H20N2O. The van der Waals surface area contributed by atoms with Crippen LogP contribution >= 0.6 is 0 Å². The fourth-order valence-corrected chi connectivity index (χ4v) is 4.34. The van der Waals surface area contributed by atoms with E-state index in [1.54, 1.807) is 0 Å². The van der Waals surface area contributed by atoms with E-state index in [1.807, 2.05) is 12.3 Å². The Balaban J connectivity index is 1.84. The Morgan fingerprint density at radius 2 is 1.62 bits per heavy atom. The van der Waals surface area contributed by atoms with Gasteiger partial charge in [0, 0.05) is 10.8 Å². The fourth-order valence-electron chi connectivity index (χ4n) is 4.34. The summed E-state index contributed by atoms with van der Waals surface area (Å²) in [7, 11) is 0. The number of hydrogen-bond acceptors (Lipinski definition) is 3. The quantitative estimate of drug-likeness (QED) is 0.864. The highest BCUT2D eigenvalue weighted by Crippen LogP contribution is 2.40. The van der Waals surface area contributed by atoms with Gasteiger partial charge in [-0.15, -0.1) is 0 Å². The SMILES string of the molecule is Cc1cccc(C)c1C1=CN(O)C2=c3ccccc3=C3C=CC=CC3N12. The van der Waals surface area contributed by atoms with Gasteiger partial charge in [-0.3, -0.25) is 5.21 Å². The second-order valence-electron chi connectivity index (χ2n) is 7.01. The summed E-state index contributed by atoms with van der Waals surface area (Å²) in [6, 6.07) is 14.7. The molecule has 2 aliphatic heterocycles. The molecule has 0 fully saturated rings. The van der Waals surface area contributed by atoms with E-state index in [9.17, 15) is 5.21 Å². The van der Waals surface area contributed by atoms with Crippen LogP contribution in [0, 0.1) is 13.8 Å². The standard InChI is InChI=1S/C23H20N2O/c1-15-8-7-9-16(2)22(15)21-14-24(26)23-19-12-4-3-10-17(19)18-11-5-6-13-20(18)25(21)23/h3-14,20,26H,1-2H3. The van der Waals surface area contributed by atoms with E-state index in [0.29, 0.717) is 0 Å². The molecule has 1 atom stereocenters. The van der Waals surface area contributed by atoms with Crippen LogP contribution in [0.5, 0.6) is 0 Å². The number of aryl methyl sites for hydroxylation is 2. The number of fused-ring (bicyclic) bond motifs is 4. The molecule has 3 aliphatic rings. The lowest BCUT2D eigenvalue weighted by Gasteiger charge is -2.36. The molecule has 2 aromatic carbocycles. The minimum absolute atomic E-state index is 0.0762. The zero-order chi connectivity index (χ0) is 17.8. The molecule has 2 heterocycles. The zero-order valence-corrected chi connectivity index (χ0v) is 14.8. The average Bonchev–Trinajstić information content (AvgIpc) is 2.99. The lowest BCUT2D eigenvalue weighted by molar-refractivity contribution is 0.0169. The topological polar surface area (TPSA) is 26.7 Å². The van der Waals surface area contributed by atoms with E-state index >= 15 is 0 Å². The lowest BCUT2D eigenvalue weighted by atomic mass is 9.92. The van der Waals surface area contributed by atoms with Crippen molar-refractivity contribution in [2.24, 2.45) is 0 Å². The molecule has 0 radical (unpaired) electrons. The maximum absolute atomic E-state index is 10.8. The minimum Gasteiger partial charge on any atom is -0.312 e. The summed E-state index contributed by atoms with van der Waals surface area (Å²) in [4.78, 5) is 2.26. The molecular weight excluding hydrogens is 320 g/mol. The Kier molecular flexibility index (Phi) is 3.21. The second-order valence-corrected chi connectivity index (χ2v) is 7.01. The van der Waals surface area contributed by atoms with Crippen LogP contribution in [0.3, 0.4) is 0 Å². The molecule has 1 N–H and O–H groups in total. The number of hydroxylamine groups is 2. The highest BCUT2D eigenvalue weighted by molar-refractivity contribution is 5.84. The van der Waals surface area contributed by atoms with Gasteiger partial charge in [0.05, 0.1) is 17.9 Å². The van der Waals surface area contributed by atoms with Gasteiger partial charge < -0.3 is 4.90 Å². The predicted octanol–water partition coefficient (Wildman–Crippen LogP) is 3.03. The van der Waals surface area contributed by atoms with Gasteiger partial charge in [-0.1, -0.05) is 66.8 Å². The molecule has 0 aromatic heterocycles. The lowest BCUT2D eigenvalue weighted by Crippen LogP contribution is -2.47. The molecule has 0 saturated carbocycles. The number of rotatable bonds is 1. The Morgan fingerprint density at radius 1 is 0.885 bits per heavy atom. The van der Waals surface area contributed by atoms with Gasteiger partial charge in [-0.2, -0.15) is 0 Å². The Hall–Kier alpha value is -3.04. The smallest absolute Gasteiger partial charge is 0.147 e. The first-order valence-corrected chi connectivity index (χ1v) is 8.91. The Morgan fingerprint density at radius 3 is 2.38 bits per heavy atom. The van der Waals surface area contributed by atoms with Crippen molar-refractivity contribution in [3.63, 3.8) is 0 Å². The van der Waals surface area contributed by atoms with Crippen LogP contribution in [0.2, 0.25) is 0 Å². The highest BCUT2D eigenvalue weighted by atomic mass is 16.5. The molecule has 0 saturated heterocycles. The molecule has 1 unspecified atom stereocenters. The van der Waals surface area contributed by atoms with E-state index < -0.39 is 0 Å². The summed E-state index contributed by atoms with van der Waals surface area (Å²) in [6.45, 7) is 4.25. The predicted molar refractivity (Wildman–Crippen MR) is 104 cm³/mol. The van der Waals surface area contributed by atoms with Crippen molar-refractivity contribution in [3.05, 3.63) is 100 Å². The maximum atomic E-state index is 10.8. The number of allylic oxidation sites excluding steroid dienone is 2. The van der Waals surface area contributed by atoms with Crippen LogP contribution in [0.1, 0.15) is 16.7 Å². The Bertz CT molecular complexity index is 1120. The molecule has 3 heteroatoms. The van der Waals surface area contributed by atoms with Crippen LogP contribution in [0.15, 0.2) is 73.0 Å². The molecule has 128 valence electrons. The van der Waals surface area contributed by atoms with Crippen molar-refractivity contribution in [1.82, 2.24) is 9.96 Å². The van der Waals surface area contributed by atoms with Crippen LogP contribution in [0.25, 0.3) is 17.1 Å². The van der Waals surface area contributed by atoms with Gasteiger partial charge in [-0.05, 0) is 35.8 Å². The molecule has 0 bridgehead atoms. The van der Waals surface area contributed by atoms with Crippen molar-refractivity contribution in [2.45, 2.75) is 19.9 Å². The summed E-state index contributed by atoms with van der Waals surface area (Å²) >= 11 is 0. The number of nitrogens with zero attached hydrogens (tertiary/aromatic N) is 2. The Labute approximate surface area is 152 Å². The van der Waals surface area contributed by atoms with Gasteiger partial charge in [0.15, 0.2) is 0 Å². The van der Waals surface area contributed by atoms with Crippen LogP contribution in [0.4, 0.5) is 0 Å². The molecule has 0 amide bonds. The molecule has 26 heavy (non-hydrogen) atoms. The van der Waals surface area contributed by atoms with Crippen molar-refractivity contribution in [2.75, 3.05) is 0 Å². The first-order valence-electron chi connectivity index (χ1n) is 8.91. The third-order valence-electron chi connectivity index (χ3n) is 5.44. The van der Waals surface area contributed by atoms with E-state index in [1.165, 1.54) is 32.5 Å². The second kappa shape index (κ2) is 5.48. The van der Waals surface area contributed by atoms with E-state index in [0.717, 1.165) is 16.7 Å². The number of hydrogen-bond donors (Lipinski definition) is 1. The zero-order valence-electron chi connectivity index (χ0n) is 14.8. The maximum Gasteiger partial charge on any atom is 0.147 e. The van der Waals surface area contributed by atoms with Crippen LogP contribution in [-0.2, 0) is 0 Å². The van der Waals surface area contributed by atoms with Crippen molar-refractivity contribution >= 4 is 17.1 Å². The first kappa shape index (κ1) is 15.2. The van der Waals surface area contributed by atoms with Gasteiger partial charge >= 0.3 is 0 Å². The van der Waals surface area contributed by atoms with Crippen molar-refractivity contribution < 1.29 is 5.21 Å². The number of benzene rings is 2. The van der Waals surface area contributed by atoms with Crippen molar-refractivity contribution in [3.8, 4) is 0 Å². The first-order chi connectivity index (χ1) is 12.7. The average molecular weight is 340 g/mol. The van der Waals surface area contributed by atoms with Gasteiger partial charge in [0.1, 0.15) is 5.82 Å². The monoisotopic (exact) mass is 340 g/mol. The van der Waals surface area contributed by atoms with Crippen molar-refractivity contribution in [1.29, 1.82) is 0 Å². The molecule has 2 aromatic rings. The summed E-state index contributed by atoms with van der Waals surface area (Å²) in [5.41, 5.74) is 5.90. The molecule has 1 aliphatic carbocycles. The third kappa shape index (κ3) is 1.98. The normalized spacial score (nSPS) is 20.1.